The van der Waals surface area contributed by atoms with Gasteiger partial charge in [-0.25, -0.2) is 0 Å². The number of nitrogens with two attached hydrogens (primary N) is 1. The molecule has 0 heterocycles. The molecule has 2 N–H and O–H groups in total. The Morgan fingerprint density at radius 1 is 1.46 bits per heavy atom. The van der Waals surface area contributed by atoms with Crippen LogP contribution in [0.2, 0.25) is 0 Å². The normalized spacial score (nSPS) is 11.4. The highest BCUT2D eigenvalue weighted by Crippen LogP contribution is 2.10. The van der Waals surface area contributed by atoms with Crippen LogP contribution in [0.25, 0.3) is 5.70 Å². The monoisotopic (exact) mass is 175 g/mol. The molecule has 1 rings (SSSR count). The fraction of sp³-hybridized carbons (Fsp3) is 0.182. The van der Waals surface area contributed by atoms with Crippen LogP contribution in [0.15, 0.2) is 30.3 Å². The van der Waals surface area contributed by atoms with Crippen LogP contribution in [0, 0.1) is 6.92 Å². The maximum absolute atomic E-state index is 10.8. The quantitative estimate of drug-likeness (QED) is 0.697. The van der Waals surface area contributed by atoms with E-state index < -0.39 is 0 Å². The van der Waals surface area contributed by atoms with Crippen molar-refractivity contribution in [1.29, 1.82) is 0 Å². The summed E-state index contributed by atoms with van der Waals surface area (Å²) in [5.41, 5.74) is 8.26. The van der Waals surface area contributed by atoms with Crippen LogP contribution in [0.4, 0.5) is 0 Å². The summed E-state index contributed by atoms with van der Waals surface area (Å²) in [4.78, 5) is 10.8. The molecule has 0 saturated heterocycles. The fourth-order valence-corrected chi connectivity index (χ4v) is 1.13. The highest BCUT2D eigenvalue weighted by molar-refractivity contribution is 5.94. The summed E-state index contributed by atoms with van der Waals surface area (Å²) in [5.74, 6) is -0.0287. The van der Waals surface area contributed by atoms with E-state index in [0.29, 0.717) is 5.70 Å². The minimum absolute atomic E-state index is 0.0287. The van der Waals surface area contributed by atoms with E-state index in [9.17, 15) is 4.79 Å². The van der Waals surface area contributed by atoms with Crippen molar-refractivity contribution in [3.05, 3.63) is 41.5 Å². The van der Waals surface area contributed by atoms with Gasteiger partial charge in [0.2, 0.25) is 0 Å². The topological polar surface area (TPSA) is 43.1 Å². The van der Waals surface area contributed by atoms with E-state index in [4.69, 9.17) is 5.73 Å². The van der Waals surface area contributed by atoms with Crippen LogP contribution < -0.4 is 5.73 Å². The summed E-state index contributed by atoms with van der Waals surface area (Å²) in [6, 6.07) is 7.76. The van der Waals surface area contributed by atoms with Crippen LogP contribution in [-0.4, -0.2) is 5.78 Å². The Hall–Kier alpha value is -1.57. The number of benzene rings is 1. The Balaban J connectivity index is 3.02. The molecule has 0 amide bonds. The first kappa shape index (κ1) is 9.52. The third kappa shape index (κ3) is 2.75. The van der Waals surface area contributed by atoms with Gasteiger partial charge in [0.1, 0.15) is 0 Å². The molecule has 1 aromatic rings. The van der Waals surface area contributed by atoms with Crippen LogP contribution in [-0.2, 0) is 4.79 Å². The van der Waals surface area contributed by atoms with Crippen LogP contribution in [0.3, 0.4) is 0 Å². The van der Waals surface area contributed by atoms with Crippen molar-refractivity contribution in [3.63, 3.8) is 0 Å². The van der Waals surface area contributed by atoms with E-state index in [-0.39, 0.29) is 5.78 Å². The van der Waals surface area contributed by atoms with Crippen LogP contribution in [0.5, 0.6) is 0 Å². The summed E-state index contributed by atoms with van der Waals surface area (Å²) >= 11 is 0. The fourth-order valence-electron chi connectivity index (χ4n) is 1.13. The van der Waals surface area contributed by atoms with Crippen LogP contribution >= 0.6 is 0 Å². The molecule has 0 aromatic heterocycles. The van der Waals surface area contributed by atoms with E-state index in [1.54, 1.807) is 0 Å². The molecule has 0 spiro atoms. The van der Waals surface area contributed by atoms with Crippen molar-refractivity contribution in [2.75, 3.05) is 0 Å². The first-order valence-electron chi connectivity index (χ1n) is 4.14. The molecule has 68 valence electrons. The lowest BCUT2D eigenvalue weighted by molar-refractivity contribution is -0.112. The third-order valence-electron chi connectivity index (χ3n) is 1.71. The van der Waals surface area contributed by atoms with Gasteiger partial charge in [-0.3, -0.25) is 4.79 Å². The number of aryl methyl sites for hydroxylation is 1. The second-order valence-corrected chi connectivity index (χ2v) is 3.08. The molecule has 0 fully saturated rings. The van der Waals surface area contributed by atoms with E-state index in [0.717, 1.165) is 11.1 Å². The Bertz CT molecular complexity index is 353. The van der Waals surface area contributed by atoms with Gasteiger partial charge in [-0.15, -0.1) is 0 Å². The number of allylic oxidation sites excluding steroid dienone is 1. The lowest BCUT2D eigenvalue weighted by Gasteiger charge is -2.01. The number of ketones is 1. The van der Waals surface area contributed by atoms with Gasteiger partial charge in [-0.1, -0.05) is 23.8 Å². The molecule has 0 aliphatic rings. The molecular weight excluding hydrogens is 162 g/mol. The molecule has 0 atom stereocenters. The van der Waals surface area contributed by atoms with E-state index in [2.05, 4.69) is 0 Å². The first-order chi connectivity index (χ1) is 6.09. The molecule has 0 bridgehead atoms. The Labute approximate surface area is 78.1 Å². The van der Waals surface area contributed by atoms with Gasteiger partial charge in [0.25, 0.3) is 0 Å². The van der Waals surface area contributed by atoms with Gasteiger partial charge in [0.15, 0.2) is 5.78 Å². The number of hydrogen-bond donors (Lipinski definition) is 1. The van der Waals surface area contributed by atoms with Gasteiger partial charge in [-0.05, 0) is 25.5 Å². The molecular formula is C11H13NO. The van der Waals surface area contributed by atoms with Gasteiger partial charge in [-0.2, -0.15) is 0 Å². The number of rotatable bonds is 2. The predicted molar refractivity (Wildman–Crippen MR) is 54.0 cm³/mol. The maximum Gasteiger partial charge on any atom is 0.154 e. The molecule has 2 nitrogen and oxygen atoms in total. The van der Waals surface area contributed by atoms with Crippen LogP contribution in [0.1, 0.15) is 18.1 Å². The number of carbonyl (C=O) groups excluding carboxylic acids is 1. The molecule has 0 unspecified atom stereocenters. The molecule has 0 radical (unpaired) electrons. The minimum atomic E-state index is -0.0287. The molecule has 0 aliphatic heterocycles. The zero-order chi connectivity index (χ0) is 9.84. The van der Waals surface area contributed by atoms with Crippen molar-refractivity contribution in [2.24, 2.45) is 5.73 Å². The number of carbonyl (C=O) groups is 1. The summed E-state index contributed by atoms with van der Waals surface area (Å²) in [6.45, 7) is 3.48. The lowest BCUT2D eigenvalue weighted by Crippen LogP contribution is -1.99. The van der Waals surface area contributed by atoms with Gasteiger partial charge < -0.3 is 5.73 Å². The Morgan fingerprint density at radius 2 is 2.15 bits per heavy atom. The summed E-state index contributed by atoms with van der Waals surface area (Å²) in [7, 11) is 0. The molecule has 0 aliphatic carbocycles. The second kappa shape index (κ2) is 3.90. The third-order valence-corrected chi connectivity index (χ3v) is 1.71. The van der Waals surface area contributed by atoms with E-state index in [1.807, 2.05) is 31.2 Å². The smallest absolute Gasteiger partial charge is 0.154 e. The first-order valence-corrected chi connectivity index (χ1v) is 4.14. The molecule has 13 heavy (non-hydrogen) atoms. The van der Waals surface area contributed by atoms with E-state index >= 15 is 0 Å². The van der Waals surface area contributed by atoms with Crippen molar-refractivity contribution >= 4 is 11.5 Å². The molecule has 1 aromatic carbocycles. The van der Waals surface area contributed by atoms with Gasteiger partial charge in [0, 0.05) is 11.8 Å². The highest BCUT2D eigenvalue weighted by atomic mass is 16.1. The number of hydrogen-bond acceptors (Lipinski definition) is 2. The van der Waals surface area contributed by atoms with Crippen molar-refractivity contribution < 1.29 is 4.79 Å². The minimum Gasteiger partial charge on any atom is -0.398 e. The SMILES string of the molecule is CC(=O)/C=C(\N)c1cccc(C)c1. The lowest BCUT2D eigenvalue weighted by atomic mass is 10.1. The zero-order valence-corrected chi connectivity index (χ0v) is 7.87. The largest absolute Gasteiger partial charge is 0.398 e. The standard InChI is InChI=1S/C11H13NO/c1-8-4-3-5-10(6-8)11(12)7-9(2)13/h3-7H,12H2,1-2H3/b11-7-. The average molecular weight is 175 g/mol. The Morgan fingerprint density at radius 3 is 2.69 bits per heavy atom. The zero-order valence-electron chi connectivity index (χ0n) is 7.87. The predicted octanol–water partition coefficient (Wildman–Crippen LogP) is 1.88. The average Bonchev–Trinajstić information content (AvgIpc) is 2.03. The maximum atomic E-state index is 10.8. The molecule has 2 heteroatoms. The molecule has 0 saturated carbocycles. The second-order valence-electron chi connectivity index (χ2n) is 3.08. The van der Waals surface area contributed by atoms with Crippen molar-refractivity contribution in [2.45, 2.75) is 13.8 Å². The Kier molecular flexibility index (Phi) is 2.85. The summed E-state index contributed by atoms with van der Waals surface area (Å²) in [6.07, 6.45) is 1.44. The van der Waals surface area contributed by atoms with Crippen molar-refractivity contribution in [3.8, 4) is 0 Å². The van der Waals surface area contributed by atoms with E-state index in [1.165, 1.54) is 13.0 Å². The van der Waals surface area contributed by atoms with Gasteiger partial charge >= 0.3 is 0 Å². The van der Waals surface area contributed by atoms with Crippen molar-refractivity contribution in [1.82, 2.24) is 0 Å². The summed E-state index contributed by atoms with van der Waals surface area (Å²) < 4.78 is 0. The highest BCUT2D eigenvalue weighted by Gasteiger charge is 1.97. The van der Waals surface area contributed by atoms with Gasteiger partial charge in [0.05, 0.1) is 0 Å². The summed E-state index contributed by atoms with van der Waals surface area (Å²) in [5, 5.41) is 0.